The van der Waals surface area contributed by atoms with Gasteiger partial charge in [-0.05, 0) is 12.8 Å². The van der Waals surface area contributed by atoms with Gasteiger partial charge in [-0.3, -0.25) is 4.79 Å². The van der Waals surface area contributed by atoms with Crippen LogP contribution < -0.4 is 0 Å². The van der Waals surface area contributed by atoms with Crippen molar-refractivity contribution in [1.29, 1.82) is 0 Å². The van der Waals surface area contributed by atoms with Crippen LogP contribution >= 0.6 is 0 Å². The maximum absolute atomic E-state index is 10.6. The Bertz CT molecular complexity index is 168. The molecular formula is C8H12O3. The second-order valence-electron chi connectivity index (χ2n) is 3.26. The molecule has 0 aromatic heterocycles. The number of carboxylic acids is 1. The molecule has 0 aromatic carbocycles. The molecule has 0 atom stereocenters. The van der Waals surface area contributed by atoms with Crippen molar-refractivity contribution >= 4 is 12.3 Å². The molecule has 0 aromatic rings. The summed E-state index contributed by atoms with van der Waals surface area (Å²) < 4.78 is 0. The highest BCUT2D eigenvalue weighted by atomic mass is 16.4. The first-order valence-corrected chi connectivity index (χ1v) is 3.87. The van der Waals surface area contributed by atoms with Crippen molar-refractivity contribution in [2.45, 2.75) is 32.1 Å². The highest BCUT2D eigenvalue weighted by Gasteiger charge is 2.35. The molecule has 1 aliphatic carbocycles. The summed E-state index contributed by atoms with van der Waals surface area (Å²) >= 11 is 0. The van der Waals surface area contributed by atoms with E-state index in [1.807, 2.05) is 0 Å². The molecule has 0 spiro atoms. The highest BCUT2D eigenvalue weighted by molar-refractivity contribution is 5.74. The van der Waals surface area contributed by atoms with E-state index in [1.54, 1.807) is 0 Å². The summed E-state index contributed by atoms with van der Waals surface area (Å²) in [4.78, 5) is 21.0. The van der Waals surface area contributed by atoms with E-state index >= 15 is 0 Å². The first-order valence-electron chi connectivity index (χ1n) is 3.87. The van der Waals surface area contributed by atoms with Crippen LogP contribution in [0, 0.1) is 5.41 Å². The van der Waals surface area contributed by atoms with Gasteiger partial charge in [0.05, 0.1) is 6.42 Å². The molecule has 3 nitrogen and oxygen atoms in total. The lowest BCUT2D eigenvalue weighted by atomic mass is 9.85. The summed E-state index contributed by atoms with van der Waals surface area (Å²) in [6.07, 6.45) is 4.33. The molecular weight excluding hydrogens is 144 g/mol. The Kier molecular flexibility index (Phi) is 2.27. The van der Waals surface area contributed by atoms with Crippen molar-refractivity contribution in [2.75, 3.05) is 0 Å². The Labute approximate surface area is 65.4 Å². The van der Waals surface area contributed by atoms with E-state index in [-0.39, 0.29) is 6.42 Å². The molecule has 0 heterocycles. The highest BCUT2D eigenvalue weighted by Crippen LogP contribution is 2.38. The molecule has 0 radical (unpaired) electrons. The maximum atomic E-state index is 10.6. The predicted molar refractivity (Wildman–Crippen MR) is 39.2 cm³/mol. The third-order valence-electron chi connectivity index (χ3n) is 2.35. The number of aldehydes is 1. The number of carbonyl (C=O) groups excluding carboxylic acids is 1. The quantitative estimate of drug-likeness (QED) is 0.625. The van der Waals surface area contributed by atoms with Crippen molar-refractivity contribution in [3.63, 3.8) is 0 Å². The molecule has 0 amide bonds. The number of aliphatic carboxylic acids is 1. The number of carboxylic acid groups (broad SMARTS) is 1. The standard InChI is InChI=1S/C8H12O3/c9-6-8(5-7(10)11)3-1-2-4-8/h6H,1-5H2,(H,10,11). The largest absolute Gasteiger partial charge is 0.481 e. The van der Waals surface area contributed by atoms with Crippen molar-refractivity contribution in [2.24, 2.45) is 5.41 Å². The molecule has 0 bridgehead atoms. The zero-order valence-corrected chi connectivity index (χ0v) is 6.38. The molecule has 1 N–H and O–H groups in total. The molecule has 11 heavy (non-hydrogen) atoms. The summed E-state index contributed by atoms with van der Waals surface area (Å²) in [5.41, 5.74) is -0.522. The Balaban J connectivity index is 2.59. The van der Waals surface area contributed by atoms with E-state index < -0.39 is 11.4 Å². The fourth-order valence-electron chi connectivity index (χ4n) is 1.72. The molecule has 0 unspecified atom stereocenters. The van der Waals surface area contributed by atoms with Crippen LogP contribution in [0.2, 0.25) is 0 Å². The van der Waals surface area contributed by atoms with E-state index in [9.17, 15) is 9.59 Å². The Morgan fingerprint density at radius 1 is 1.45 bits per heavy atom. The van der Waals surface area contributed by atoms with E-state index in [1.165, 1.54) is 0 Å². The van der Waals surface area contributed by atoms with Crippen LogP contribution in [-0.2, 0) is 9.59 Å². The van der Waals surface area contributed by atoms with E-state index in [0.717, 1.165) is 32.0 Å². The van der Waals surface area contributed by atoms with E-state index in [4.69, 9.17) is 5.11 Å². The van der Waals surface area contributed by atoms with Gasteiger partial charge in [-0.15, -0.1) is 0 Å². The monoisotopic (exact) mass is 156 g/mol. The Hall–Kier alpha value is -0.860. The summed E-state index contributed by atoms with van der Waals surface area (Å²) in [6.45, 7) is 0. The smallest absolute Gasteiger partial charge is 0.304 e. The normalized spacial score (nSPS) is 21.5. The van der Waals surface area contributed by atoms with Gasteiger partial charge >= 0.3 is 5.97 Å². The molecule has 3 heteroatoms. The number of hydrogen-bond acceptors (Lipinski definition) is 2. The second-order valence-corrected chi connectivity index (χ2v) is 3.26. The number of carbonyl (C=O) groups is 2. The van der Waals surface area contributed by atoms with Crippen LogP contribution in [-0.4, -0.2) is 17.4 Å². The van der Waals surface area contributed by atoms with Gasteiger partial charge in [0.25, 0.3) is 0 Å². The van der Waals surface area contributed by atoms with Gasteiger partial charge in [0, 0.05) is 5.41 Å². The van der Waals surface area contributed by atoms with Crippen LogP contribution in [0.3, 0.4) is 0 Å². The van der Waals surface area contributed by atoms with Crippen molar-refractivity contribution in [3.05, 3.63) is 0 Å². The Morgan fingerprint density at radius 2 is 2.00 bits per heavy atom. The van der Waals surface area contributed by atoms with Crippen LogP contribution in [0.5, 0.6) is 0 Å². The third kappa shape index (κ3) is 1.79. The van der Waals surface area contributed by atoms with E-state index in [2.05, 4.69) is 0 Å². The second kappa shape index (κ2) is 3.03. The van der Waals surface area contributed by atoms with Gasteiger partial charge in [-0.2, -0.15) is 0 Å². The lowest BCUT2D eigenvalue weighted by Crippen LogP contribution is -2.22. The maximum Gasteiger partial charge on any atom is 0.304 e. The molecule has 0 aliphatic heterocycles. The van der Waals surface area contributed by atoms with Gasteiger partial charge in [0.2, 0.25) is 0 Å². The summed E-state index contributed by atoms with van der Waals surface area (Å²) in [5, 5.41) is 8.51. The lowest BCUT2D eigenvalue weighted by molar-refractivity contribution is -0.141. The minimum Gasteiger partial charge on any atom is -0.481 e. The first-order chi connectivity index (χ1) is 5.18. The zero-order valence-electron chi connectivity index (χ0n) is 6.38. The summed E-state index contributed by atoms with van der Waals surface area (Å²) in [7, 11) is 0. The van der Waals surface area contributed by atoms with Crippen molar-refractivity contribution < 1.29 is 14.7 Å². The third-order valence-corrected chi connectivity index (χ3v) is 2.35. The van der Waals surface area contributed by atoms with Crippen LogP contribution in [0.1, 0.15) is 32.1 Å². The average molecular weight is 156 g/mol. The van der Waals surface area contributed by atoms with Crippen molar-refractivity contribution in [1.82, 2.24) is 0 Å². The topological polar surface area (TPSA) is 54.4 Å². The molecule has 1 fully saturated rings. The van der Waals surface area contributed by atoms with Gasteiger partial charge in [0.15, 0.2) is 0 Å². The first kappa shape index (κ1) is 8.24. The van der Waals surface area contributed by atoms with Crippen LogP contribution in [0.25, 0.3) is 0 Å². The van der Waals surface area contributed by atoms with Gasteiger partial charge in [-0.25, -0.2) is 0 Å². The number of hydrogen-bond donors (Lipinski definition) is 1. The average Bonchev–Trinajstić information content (AvgIpc) is 2.36. The fraction of sp³-hybridized carbons (Fsp3) is 0.750. The fourth-order valence-corrected chi connectivity index (χ4v) is 1.72. The Morgan fingerprint density at radius 3 is 2.36 bits per heavy atom. The summed E-state index contributed by atoms with van der Waals surface area (Å²) in [5.74, 6) is -0.862. The minimum atomic E-state index is -0.862. The van der Waals surface area contributed by atoms with Crippen LogP contribution in [0.15, 0.2) is 0 Å². The molecule has 1 rings (SSSR count). The van der Waals surface area contributed by atoms with Gasteiger partial charge in [0.1, 0.15) is 6.29 Å². The zero-order chi connectivity index (χ0) is 8.32. The van der Waals surface area contributed by atoms with Gasteiger partial charge in [-0.1, -0.05) is 12.8 Å². The predicted octanol–water partition coefficient (Wildman–Crippen LogP) is 1.22. The molecule has 1 aliphatic rings. The molecule has 62 valence electrons. The van der Waals surface area contributed by atoms with Crippen LogP contribution in [0.4, 0.5) is 0 Å². The lowest BCUT2D eigenvalue weighted by Gasteiger charge is -2.17. The molecule has 1 saturated carbocycles. The van der Waals surface area contributed by atoms with Crippen molar-refractivity contribution in [3.8, 4) is 0 Å². The SMILES string of the molecule is O=CC1(CC(=O)O)CCCC1. The minimum absolute atomic E-state index is 0.0104. The van der Waals surface area contributed by atoms with E-state index in [0.29, 0.717) is 0 Å². The van der Waals surface area contributed by atoms with Gasteiger partial charge < -0.3 is 9.90 Å². The molecule has 0 saturated heterocycles. The number of rotatable bonds is 3. The summed E-state index contributed by atoms with van der Waals surface area (Å²) in [6, 6.07) is 0.